The van der Waals surface area contributed by atoms with E-state index in [0.717, 1.165) is 44.1 Å². The monoisotopic (exact) mass is 350 g/mol. The lowest BCUT2D eigenvalue weighted by molar-refractivity contribution is 0.414. The number of hydrogen-bond acceptors (Lipinski definition) is 4. The van der Waals surface area contributed by atoms with E-state index in [1.165, 1.54) is 11.1 Å². The fraction of sp³-hybridized carbons (Fsp3) is 0.368. The highest BCUT2D eigenvalue weighted by Gasteiger charge is 1.96. The molecule has 0 aliphatic heterocycles. The lowest BCUT2D eigenvalue weighted by Crippen LogP contribution is -2.21. The van der Waals surface area contributed by atoms with Crippen LogP contribution in [-0.2, 0) is 13.1 Å². The van der Waals surface area contributed by atoms with E-state index in [-0.39, 0.29) is 12.4 Å². The van der Waals surface area contributed by atoms with Gasteiger partial charge in [-0.15, -0.1) is 12.4 Å². The maximum atomic E-state index is 5.15. The van der Waals surface area contributed by atoms with Crippen molar-refractivity contribution in [3.63, 3.8) is 0 Å². The average molecular weight is 351 g/mol. The predicted molar refractivity (Wildman–Crippen MR) is 101 cm³/mol. The van der Waals surface area contributed by atoms with E-state index >= 15 is 0 Å². The van der Waals surface area contributed by atoms with Gasteiger partial charge in [-0.1, -0.05) is 24.3 Å². The number of hydrogen-bond donors (Lipinski definition) is 2. The highest BCUT2D eigenvalue weighted by Crippen LogP contribution is 2.11. The third kappa shape index (κ3) is 7.21. The Hall–Kier alpha value is -1.75. The van der Waals surface area contributed by atoms with Crippen LogP contribution in [0.3, 0.4) is 0 Å². The lowest BCUT2D eigenvalue weighted by Gasteiger charge is -2.08. The topological polar surface area (TPSA) is 42.5 Å². The van der Waals surface area contributed by atoms with Gasteiger partial charge >= 0.3 is 0 Å². The zero-order chi connectivity index (χ0) is 16.3. The van der Waals surface area contributed by atoms with Crippen LogP contribution in [0.1, 0.15) is 17.5 Å². The van der Waals surface area contributed by atoms with E-state index in [2.05, 4.69) is 34.9 Å². The van der Waals surface area contributed by atoms with Gasteiger partial charge in [-0.3, -0.25) is 0 Å². The molecule has 5 heteroatoms. The average Bonchev–Trinajstić information content (AvgIpc) is 2.62. The summed E-state index contributed by atoms with van der Waals surface area (Å²) < 4.78 is 10.3. The van der Waals surface area contributed by atoms with Crippen LogP contribution in [0, 0.1) is 0 Å². The lowest BCUT2D eigenvalue weighted by atomic mass is 10.2. The van der Waals surface area contributed by atoms with Gasteiger partial charge in [0.25, 0.3) is 0 Å². The van der Waals surface area contributed by atoms with E-state index in [9.17, 15) is 0 Å². The zero-order valence-electron chi connectivity index (χ0n) is 14.4. The van der Waals surface area contributed by atoms with Crippen LogP contribution in [0.4, 0.5) is 0 Å². The van der Waals surface area contributed by atoms with Gasteiger partial charge in [0, 0.05) is 13.1 Å². The summed E-state index contributed by atoms with van der Waals surface area (Å²) in [5.41, 5.74) is 2.55. The second-order valence-electron chi connectivity index (χ2n) is 5.40. The van der Waals surface area contributed by atoms with Crippen LogP contribution in [0.25, 0.3) is 0 Å². The molecule has 0 radical (unpaired) electrons. The second-order valence-corrected chi connectivity index (χ2v) is 5.40. The van der Waals surface area contributed by atoms with Gasteiger partial charge in [-0.2, -0.15) is 0 Å². The molecule has 2 aromatic carbocycles. The molecule has 24 heavy (non-hydrogen) atoms. The Morgan fingerprint density at radius 1 is 0.667 bits per heavy atom. The molecule has 2 rings (SSSR count). The van der Waals surface area contributed by atoms with Gasteiger partial charge in [0.15, 0.2) is 0 Å². The summed E-state index contributed by atoms with van der Waals surface area (Å²) in [4.78, 5) is 0. The highest BCUT2D eigenvalue weighted by molar-refractivity contribution is 5.85. The minimum absolute atomic E-state index is 0. The largest absolute Gasteiger partial charge is 0.497 e. The third-order valence-electron chi connectivity index (χ3n) is 3.68. The van der Waals surface area contributed by atoms with Gasteiger partial charge in [0.2, 0.25) is 0 Å². The van der Waals surface area contributed by atoms with Gasteiger partial charge in [-0.25, -0.2) is 0 Å². The number of ether oxygens (including phenoxy) is 2. The number of halogens is 1. The quantitative estimate of drug-likeness (QED) is 0.644. The maximum Gasteiger partial charge on any atom is 0.118 e. The van der Waals surface area contributed by atoms with Crippen molar-refractivity contribution in [3.8, 4) is 11.5 Å². The SMILES string of the molecule is COc1ccc(CNCCCNCc2ccc(OC)cc2)cc1.Cl. The van der Waals surface area contributed by atoms with E-state index in [4.69, 9.17) is 9.47 Å². The molecule has 0 aromatic heterocycles. The maximum absolute atomic E-state index is 5.15. The molecule has 0 fully saturated rings. The molecular formula is C19H27ClN2O2. The number of methoxy groups -OCH3 is 2. The minimum Gasteiger partial charge on any atom is -0.497 e. The summed E-state index contributed by atoms with van der Waals surface area (Å²) in [6.07, 6.45) is 1.10. The molecule has 0 bridgehead atoms. The number of benzene rings is 2. The summed E-state index contributed by atoms with van der Waals surface area (Å²) >= 11 is 0. The van der Waals surface area contributed by atoms with Crippen molar-refractivity contribution in [3.05, 3.63) is 59.7 Å². The van der Waals surface area contributed by atoms with E-state index in [1.807, 2.05) is 24.3 Å². The first-order valence-electron chi connectivity index (χ1n) is 7.99. The smallest absolute Gasteiger partial charge is 0.118 e. The molecule has 0 saturated carbocycles. The summed E-state index contributed by atoms with van der Waals surface area (Å²) in [6, 6.07) is 16.3. The van der Waals surface area contributed by atoms with Crippen molar-refractivity contribution in [1.82, 2.24) is 10.6 Å². The Bertz CT molecular complexity index is 507. The Kier molecular flexibility index (Phi) is 9.92. The summed E-state index contributed by atoms with van der Waals surface area (Å²) in [7, 11) is 3.37. The van der Waals surface area contributed by atoms with Crippen LogP contribution >= 0.6 is 12.4 Å². The number of nitrogens with one attached hydrogen (secondary N) is 2. The Labute approximate surface area is 151 Å². The summed E-state index contributed by atoms with van der Waals surface area (Å²) in [5, 5.41) is 6.91. The first-order chi connectivity index (χ1) is 11.3. The van der Waals surface area contributed by atoms with Crippen LogP contribution in [0.2, 0.25) is 0 Å². The standard InChI is InChI=1S/C19H26N2O2.ClH/c1-22-18-8-4-16(5-9-18)14-20-12-3-13-21-15-17-6-10-19(23-2)11-7-17;/h4-11,20-21H,3,12-15H2,1-2H3;1H. The Balaban J connectivity index is 0.00000288. The molecule has 132 valence electrons. The van der Waals surface area contributed by atoms with Crippen molar-refractivity contribution >= 4 is 12.4 Å². The van der Waals surface area contributed by atoms with Gasteiger partial charge in [-0.05, 0) is 54.9 Å². The van der Waals surface area contributed by atoms with Crippen LogP contribution in [0.15, 0.2) is 48.5 Å². The van der Waals surface area contributed by atoms with E-state index in [0.29, 0.717) is 0 Å². The second kappa shape index (κ2) is 11.7. The van der Waals surface area contributed by atoms with Gasteiger partial charge in [0.05, 0.1) is 14.2 Å². The molecule has 0 saturated heterocycles. The van der Waals surface area contributed by atoms with Crippen molar-refractivity contribution in [2.45, 2.75) is 19.5 Å². The van der Waals surface area contributed by atoms with E-state index in [1.54, 1.807) is 14.2 Å². The molecule has 2 aromatic rings. The molecule has 2 N–H and O–H groups in total. The molecule has 0 atom stereocenters. The predicted octanol–water partition coefficient (Wildman–Crippen LogP) is 3.40. The van der Waals surface area contributed by atoms with Crippen LogP contribution in [0.5, 0.6) is 11.5 Å². The van der Waals surface area contributed by atoms with Crippen molar-refractivity contribution in [1.29, 1.82) is 0 Å². The fourth-order valence-corrected chi connectivity index (χ4v) is 2.29. The molecule has 0 aliphatic carbocycles. The van der Waals surface area contributed by atoms with Gasteiger partial charge in [0.1, 0.15) is 11.5 Å². The highest BCUT2D eigenvalue weighted by atomic mass is 35.5. The molecule has 0 aliphatic rings. The van der Waals surface area contributed by atoms with Crippen molar-refractivity contribution in [2.75, 3.05) is 27.3 Å². The van der Waals surface area contributed by atoms with Gasteiger partial charge < -0.3 is 20.1 Å². The van der Waals surface area contributed by atoms with Crippen LogP contribution < -0.4 is 20.1 Å². The minimum atomic E-state index is 0. The molecule has 0 heterocycles. The Morgan fingerprint density at radius 2 is 1.04 bits per heavy atom. The molecular weight excluding hydrogens is 324 g/mol. The Morgan fingerprint density at radius 3 is 1.38 bits per heavy atom. The molecule has 0 amide bonds. The van der Waals surface area contributed by atoms with E-state index < -0.39 is 0 Å². The normalized spacial score (nSPS) is 10.1. The molecule has 0 spiro atoms. The zero-order valence-corrected chi connectivity index (χ0v) is 15.2. The van der Waals surface area contributed by atoms with Crippen molar-refractivity contribution in [2.24, 2.45) is 0 Å². The fourth-order valence-electron chi connectivity index (χ4n) is 2.29. The third-order valence-corrected chi connectivity index (χ3v) is 3.68. The van der Waals surface area contributed by atoms with Crippen LogP contribution in [-0.4, -0.2) is 27.3 Å². The summed E-state index contributed by atoms with van der Waals surface area (Å²) in [5.74, 6) is 1.80. The first-order valence-corrected chi connectivity index (χ1v) is 7.99. The number of rotatable bonds is 10. The first kappa shape index (κ1) is 20.3. The molecule has 4 nitrogen and oxygen atoms in total. The van der Waals surface area contributed by atoms with Crippen molar-refractivity contribution < 1.29 is 9.47 Å². The summed E-state index contributed by atoms with van der Waals surface area (Å²) in [6.45, 7) is 3.79. The molecule has 0 unspecified atom stereocenters.